The van der Waals surface area contributed by atoms with Gasteiger partial charge in [-0.3, -0.25) is 0 Å². The van der Waals surface area contributed by atoms with Crippen LogP contribution in [0.4, 0.5) is 4.79 Å². The average Bonchev–Trinajstić information content (AvgIpc) is 2.32. The standard InChI is InChI=1S/C10H19NO2/c1-7(2)5-10(3,4)8-6-13-9(12)11-8/h7-8H,5-6H2,1-4H3,(H,11,12). The van der Waals surface area contributed by atoms with Crippen molar-refractivity contribution in [3.8, 4) is 0 Å². The van der Waals surface area contributed by atoms with E-state index in [0.717, 1.165) is 6.42 Å². The van der Waals surface area contributed by atoms with Crippen LogP contribution in [-0.4, -0.2) is 18.7 Å². The molecule has 1 amide bonds. The van der Waals surface area contributed by atoms with Gasteiger partial charge in [-0.1, -0.05) is 27.7 Å². The number of hydrogen-bond acceptors (Lipinski definition) is 2. The van der Waals surface area contributed by atoms with Crippen molar-refractivity contribution in [2.24, 2.45) is 11.3 Å². The minimum Gasteiger partial charge on any atom is -0.447 e. The smallest absolute Gasteiger partial charge is 0.407 e. The summed E-state index contributed by atoms with van der Waals surface area (Å²) in [7, 11) is 0. The number of carbonyl (C=O) groups excluding carboxylic acids is 1. The molecule has 1 fully saturated rings. The number of cyclic esters (lactones) is 1. The van der Waals surface area contributed by atoms with Gasteiger partial charge >= 0.3 is 6.09 Å². The Kier molecular flexibility index (Phi) is 2.84. The molecule has 0 spiro atoms. The van der Waals surface area contributed by atoms with Crippen molar-refractivity contribution in [1.29, 1.82) is 0 Å². The quantitative estimate of drug-likeness (QED) is 0.731. The summed E-state index contributed by atoms with van der Waals surface area (Å²) in [6.07, 6.45) is 0.822. The molecule has 0 aromatic rings. The van der Waals surface area contributed by atoms with Crippen LogP contribution in [0.1, 0.15) is 34.1 Å². The highest BCUT2D eigenvalue weighted by Gasteiger charge is 2.36. The lowest BCUT2D eigenvalue weighted by molar-refractivity contribution is 0.163. The third kappa shape index (κ3) is 2.61. The van der Waals surface area contributed by atoms with Gasteiger partial charge in [0.05, 0.1) is 6.04 Å². The Hall–Kier alpha value is -0.730. The second-order valence-electron chi connectivity index (χ2n) is 4.88. The second kappa shape index (κ2) is 3.56. The molecule has 1 N–H and O–H groups in total. The predicted octanol–water partition coefficient (Wildman–Crippen LogP) is 2.17. The van der Waals surface area contributed by atoms with Gasteiger partial charge in [-0.25, -0.2) is 4.79 Å². The van der Waals surface area contributed by atoms with Crippen LogP contribution in [0.25, 0.3) is 0 Å². The molecule has 1 heterocycles. The SMILES string of the molecule is CC(C)CC(C)(C)C1COC(=O)N1. The van der Waals surface area contributed by atoms with Gasteiger partial charge in [0, 0.05) is 0 Å². The van der Waals surface area contributed by atoms with Crippen LogP contribution in [0, 0.1) is 11.3 Å². The van der Waals surface area contributed by atoms with Crippen molar-refractivity contribution in [2.45, 2.75) is 40.2 Å². The highest BCUT2D eigenvalue weighted by atomic mass is 16.6. The minimum atomic E-state index is -0.276. The van der Waals surface area contributed by atoms with Crippen LogP contribution in [0.15, 0.2) is 0 Å². The van der Waals surface area contributed by atoms with Crippen LogP contribution in [0.3, 0.4) is 0 Å². The Morgan fingerprint density at radius 3 is 2.62 bits per heavy atom. The molecule has 1 atom stereocenters. The van der Waals surface area contributed by atoms with Crippen molar-refractivity contribution in [3.63, 3.8) is 0 Å². The molecule has 1 aliphatic rings. The zero-order valence-electron chi connectivity index (χ0n) is 8.89. The van der Waals surface area contributed by atoms with Gasteiger partial charge in [0.2, 0.25) is 0 Å². The van der Waals surface area contributed by atoms with E-state index in [4.69, 9.17) is 4.74 Å². The van der Waals surface area contributed by atoms with E-state index in [1.165, 1.54) is 0 Å². The zero-order chi connectivity index (χ0) is 10.1. The van der Waals surface area contributed by atoms with Crippen LogP contribution < -0.4 is 5.32 Å². The summed E-state index contributed by atoms with van der Waals surface area (Å²) in [6.45, 7) is 9.25. The number of nitrogens with one attached hydrogen (secondary N) is 1. The highest BCUT2D eigenvalue weighted by molar-refractivity contribution is 5.69. The molecule has 0 bridgehead atoms. The minimum absolute atomic E-state index is 0.125. The van der Waals surface area contributed by atoms with Gasteiger partial charge in [-0.05, 0) is 17.8 Å². The Morgan fingerprint density at radius 1 is 1.62 bits per heavy atom. The van der Waals surface area contributed by atoms with Gasteiger partial charge in [0.25, 0.3) is 0 Å². The van der Waals surface area contributed by atoms with E-state index in [1.807, 2.05) is 0 Å². The van der Waals surface area contributed by atoms with E-state index in [2.05, 4.69) is 33.0 Å². The monoisotopic (exact) mass is 185 g/mol. The lowest BCUT2D eigenvalue weighted by Gasteiger charge is -2.31. The Balaban J connectivity index is 2.53. The average molecular weight is 185 g/mol. The highest BCUT2D eigenvalue weighted by Crippen LogP contribution is 2.31. The van der Waals surface area contributed by atoms with Gasteiger partial charge in [0.1, 0.15) is 6.61 Å². The summed E-state index contributed by atoms with van der Waals surface area (Å²) < 4.78 is 4.88. The summed E-state index contributed by atoms with van der Waals surface area (Å²) in [4.78, 5) is 10.9. The normalized spacial score (nSPS) is 23.2. The molecular formula is C10H19NO2. The van der Waals surface area contributed by atoms with Crippen molar-refractivity contribution in [3.05, 3.63) is 0 Å². The van der Waals surface area contributed by atoms with E-state index in [0.29, 0.717) is 12.5 Å². The second-order valence-corrected chi connectivity index (χ2v) is 4.88. The summed E-state index contributed by atoms with van der Waals surface area (Å²) in [5.74, 6) is 0.646. The van der Waals surface area contributed by atoms with E-state index >= 15 is 0 Å². The number of hydrogen-bond donors (Lipinski definition) is 1. The maximum absolute atomic E-state index is 10.9. The van der Waals surface area contributed by atoms with Gasteiger partial charge in [-0.2, -0.15) is 0 Å². The molecule has 3 nitrogen and oxygen atoms in total. The number of ether oxygens (including phenoxy) is 1. The van der Waals surface area contributed by atoms with Crippen molar-refractivity contribution in [1.82, 2.24) is 5.32 Å². The molecule has 0 saturated carbocycles. The first kappa shape index (κ1) is 10.4. The zero-order valence-corrected chi connectivity index (χ0v) is 8.89. The van der Waals surface area contributed by atoms with Gasteiger partial charge in [-0.15, -0.1) is 0 Å². The fraction of sp³-hybridized carbons (Fsp3) is 0.900. The summed E-state index contributed by atoms with van der Waals surface area (Å²) in [5.41, 5.74) is 0.125. The molecule has 1 rings (SSSR count). The lowest BCUT2D eigenvalue weighted by Crippen LogP contribution is -2.41. The van der Waals surface area contributed by atoms with Crippen LogP contribution in [-0.2, 0) is 4.74 Å². The molecule has 1 aliphatic heterocycles. The number of alkyl carbamates (subject to hydrolysis) is 1. The molecule has 0 radical (unpaired) electrons. The molecule has 0 aromatic carbocycles. The van der Waals surface area contributed by atoms with Gasteiger partial charge < -0.3 is 10.1 Å². The van der Waals surface area contributed by atoms with Gasteiger partial charge in [0.15, 0.2) is 0 Å². The van der Waals surface area contributed by atoms with Crippen LogP contribution in [0.5, 0.6) is 0 Å². The first-order chi connectivity index (χ1) is 5.92. The molecule has 76 valence electrons. The Bertz CT molecular complexity index is 199. The third-order valence-electron chi connectivity index (χ3n) is 2.55. The summed E-state index contributed by atoms with van der Waals surface area (Å²) in [6, 6.07) is 0.169. The van der Waals surface area contributed by atoms with E-state index in [9.17, 15) is 4.79 Å². The fourth-order valence-corrected chi connectivity index (χ4v) is 2.00. The van der Waals surface area contributed by atoms with E-state index in [1.54, 1.807) is 0 Å². The van der Waals surface area contributed by atoms with E-state index in [-0.39, 0.29) is 17.6 Å². The van der Waals surface area contributed by atoms with Crippen LogP contribution in [0.2, 0.25) is 0 Å². The molecule has 3 heteroatoms. The predicted molar refractivity (Wildman–Crippen MR) is 51.5 cm³/mol. The molecule has 1 unspecified atom stereocenters. The lowest BCUT2D eigenvalue weighted by atomic mass is 9.78. The topological polar surface area (TPSA) is 38.3 Å². The molecule has 0 aliphatic carbocycles. The Labute approximate surface area is 79.8 Å². The molecule has 13 heavy (non-hydrogen) atoms. The summed E-state index contributed by atoms with van der Waals surface area (Å²) >= 11 is 0. The van der Waals surface area contributed by atoms with Crippen LogP contribution >= 0.6 is 0 Å². The van der Waals surface area contributed by atoms with Crippen molar-refractivity contribution >= 4 is 6.09 Å². The maximum Gasteiger partial charge on any atom is 0.407 e. The maximum atomic E-state index is 10.9. The fourth-order valence-electron chi connectivity index (χ4n) is 2.00. The van der Waals surface area contributed by atoms with E-state index < -0.39 is 0 Å². The number of amides is 1. The molecule has 1 saturated heterocycles. The molecular weight excluding hydrogens is 166 g/mol. The van der Waals surface area contributed by atoms with Crippen molar-refractivity contribution < 1.29 is 9.53 Å². The Morgan fingerprint density at radius 2 is 2.23 bits per heavy atom. The number of rotatable bonds is 3. The number of carbonyl (C=O) groups is 1. The molecule has 0 aromatic heterocycles. The van der Waals surface area contributed by atoms with Crippen molar-refractivity contribution in [2.75, 3.05) is 6.61 Å². The first-order valence-corrected chi connectivity index (χ1v) is 4.85. The first-order valence-electron chi connectivity index (χ1n) is 4.85. The largest absolute Gasteiger partial charge is 0.447 e. The summed E-state index contributed by atoms with van der Waals surface area (Å²) in [5, 5.41) is 2.84. The third-order valence-corrected chi connectivity index (χ3v) is 2.55.